The summed E-state index contributed by atoms with van der Waals surface area (Å²) in [6.07, 6.45) is 8.10. The lowest BCUT2D eigenvalue weighted by molar-refractivity contribution is 1.21. The summed E-state index contributed by atoms with van der Waals surface area (Å²) in [5.41, 5.74) is 0. The van der Waals surface area contributed by atoms with Gasteiger partial charge < -0.3 is 0 Å². The Labute approximate surface area is 50.4 Å². The maximum Gasteiger partial charge on any atom is 0.0261 e. The quantitative estimate of drug-likeness (QED) is 0.492. The van der Waals surface area contributed by atoms with Crippen molar-refractivity contribution in [3.8, 4) is 0 Å². The molecule has 0 saturated heterocycles. The Morgan fingerprint density at radius 3 is 2.88 bits per heavy atom. The molecule has 1 heteroatoms. The van der Waals surface area contributed by atoms with Crippen LogP contribution in [0.2, 0.25) is 0 Å². The van der Waals surface area contributed by atoms with Crippen LogP contribution in [0.15, 0.2) is 29.9 Å². The van der Waals surface area contributed by atoms with Crippen LogP contribution in [0.25, 0.3) is 0 Å². The van der Waals surface area contributed by atoms with Gasteiger partial charge in [-0.3, -0.25) is 4.99 Å². The number of rotatable bonds is 3. The fourth-order valence-electron chi connectivity index (χ4n) is 0.277. The minimum Gasteiger partial charge on any atom is -0.265 e. The average molecular weight is 109 g/mol. The summed E-state index contributed by atoms with van der Waals surface area (Å²) in [4.78, 5) is 3.86. The van der Waals surface area contributed by atoms with E-state index < -0.39 is 0 Å². The summed E-state index contributed by atoms with van der Waals surface area (Å²) in [5.74, 6) is 0. The van der Waals surface area contributed by atoms with Crippen LogP contribution in [0, 0.1) is 0 Å². The van der Waals surface area contributed by atoms with Crippen molar-refractivity contribution in [2.75, 3.05) is 0 Å². The molecule has 44 valence electrons. The van der Waals surface area contributed by atoms with E-state index in [9.17, 15) is 0 Å². The van der Waals surface area contributed by atoms with Gasteiger partial charge in [-0.1, -0.05) is 25.7 Å². The SMILES string of the molecule is C=CC=N/C=C\CC. The Balaban J connectivity index is 3.26. The Bertz CT molecular complexity index is 101. The predicted octanol–water partition coefficient (Wildman–Crippen LogP) is 2.17. The van der Waals surface area contributed by atoms with Gasteiger partial charge in [-0.25, -0.2) is 0 Å². The molecule has 0 aromatic carbocycles. The Hall–Kier alpha value is -0.850. The molecule has 0 radical (unpaired) electrons. The highest BCUT2D eigenvalue weighted by molar-refractivity contribution is 5.70. The van der Waals surface area contributed by atoms with Crippen molar-refractivity contribution >= 4 is 6.21 Å². The first kappa shape index (κ1) is 7.15. The number of aliphatic imine (C=N–C) groups is 1. The zero-order valence-corrected chi connectivity index (χ0v) is 5.17. The lowest BCUT2D eigenvalue weighted by atomic mass is 10.5. The highest BCUT2D eigenvalue weighted by Gasteiger charge is 1.59. The first-order chi connectivity index (χ1) is 3.91. The van der Waals surface area contributed by atoms with Crippen molar-refractivity contribution in [2.24, 2.45) is 4.99 Å². The van der Waals surface area contributed by atoms with Gasteiger partial charge in [-0.15, -0.1) is 0 Å². The van der Waals surface area contributed by atoms with Gasteiger partial charge in [0.15, 0.2) is 0 Å². The van der Waals surface area contributed by atoms with E-state index in [0.29, 0.717) is 0 Å². The van der Waals surface area contributed by atoms with E-state index in [1.54, 1.807) is 18.5 Å². The third-order valence-corrected chi connectivity index (χ3v) is 0.619. The minimum absolute atomic E-state index is 1.04. The van der Waals surface area contributed by atoms with Gasteiger partial charge in [0, 0.05) is 12.4 Å². The molecule has 0 spiro atoms. The summed E-state index contributed by atoms with van der Waals surface area (Å²) < 4.78 is 0. The standard InChI is InChI=1S/C7H11N/c1-3-5-7-8-6-4-2/h4-7H,2-3H2,1H3/b7-5-,8-6?. The zero-order chi connectivity index (χ0) is 6.24. The maximum atomic E-state index is 3.86. The van der Waals surface area contributed by atoms with Crippen LogP contribution in [-0.4, -0.2) is 6.21 Å². The third-order valence-electron chi connectivity index (χ3n) is 0.619. The highest BCUT2D eigenvalue weighted by atomic mass is 14.6. The largest absolute Gasteiger partial charge is 0.265 e. The summed E-state index contributed by atoms with van der Waals surface area (Å²) in [6, 6.07) is 0. The summed E-state index contributed by atoms with van der Waals surface area (Å²) in [6.45, 7) is 5.54. The molecule has 8 heavy (non-hydrogen) atoms. The van der Waals surface area contributed by atoms with Crippen LogP contribution in [-0.2, 0) is 0 Å². The second-order valence-corrected chi connectivity index (χ2v) is 1.33. The highest BCUT2D eigenvalue weighted by Crippen LogP contribution is 1.78. The lowest BCUT2D eigenvalue weighted by Crippen LogP contribution is -1.56. The molecule has 0 N–H and O–H groups in total. The first-order valence-corrected chi connectivity index (χ1v) is 2.71. The van der Waals surface area contributed by atoms with E-state index in [2.05, 4.69) is 18.5 Å². The van der Waals surface area contributed by atoms with Crippen LogP contribution in [0.1, 0.15) is 13.3 Å². The molecule has 0 aromatic rings. The molecule has 0 aliphatic heterocycles. The maximum absolute atomic E-state index is 3.86. The molecule has 0 atom stereocenters. The minimum atomic E-state index is 1.04. The molecule has 0 fully saturated rings. The van der Waals surface area contributed by atoms with Crippen LogP contribution in [0.5, 0.6) is 0 Å². The van der Waals surface area contributed by atoms with Gasteiger partial charge in [-0.05, 0) is 6.42 Å². The summed E-state index contributed by atoms with van der Waals surface area (Å²) in [5, 5.41) is 0. The van der Waals surface area contributed by atoms with Crippen molar-refractivity contribution in [1.29, 1.82) is 0 Å². The van der Waals surface area contributed by atoms with E-state index in [1.807, 2.05) is 6.08 Å². The van der Waals surface area contributed by atoms with E-state index in [0.717, 1.165) is 6.42 Å². The molecule has 1 nitrogen and oxygen atoms in total. The topological polar surface area (TPSA) is 12.4 Å². The Morgan fingerprint density at radius 1 is 1.62 bits per heavy atom. The van der Waals surface area contributed by atoms with E-state index >= 15 is 0 Å². The van der Waals surface area contributed by atoms with Gasteiger partial charge in [0.1, 0.15) is 0 Å². The molecule has 0 heterocycles. The Kier molecular flexibility index (Phi) is 5.50. The van der Waals surface area contributed by atoms with Crippen molar-refractivity contribution < 1.29 is 0 Å². The average Bonchev–Trinajstić information content (AvgIpc) is 1.81. The molecule has 0 aliphatic rings. The summed E-state index contributed by atoms with van der Waals surface area (Å²) >= 11 is 0. The fraction of sp³-hybridized carbons (Fsp3) is 0.286. The molecule has 0 aromatic heterocycles. The number of hydrogen-bond donors (Lipinski definition) is 0. The zero-order valence-electron chi connectivity index (χ0n) is 5.17. The number of hydrogen-bond acceptors (Lipinski definition) is 1. The molecule has 0 bridgehead atoms. The fourth-order valence-corrected chi connectivity index (χ4v) is 0.277. The second-order valence-electron chi connectivity index (χ2n) is 1.33. The second kappa shape index (κ2) is 6.15. The van der Waals surface area contributed by atoms with Gasteiger partial charge in [0.05, 0.1) is 0 Å². The van der Waals surface area contributed by atoms with Gasteiger partial charge in [0.25, 0.3) is 0 Å². The first-order valence-electron chi connectivity index (χ1n) is 2.71. The molecule has 0 aliphatic carbocycles. The predicted molar refractivity (Wildman–Crippen MR) is 38.1 cm³/mol. The molecular formula is C7H11N. The summed E-state index contributed by atoms with van der Waals surface area (Å²) in [7, 11) is 0. The van der Waals surface area contributed by atoms with E-state index in [4.69, 9.17) is 0 Å². The molecule has 0 saturated carbocycles. The van der Waals surface area contributed by atoms with E-state index in [-0.39, 0.29) is 0 Å². The van der Waals surface area contributed by atoms with Crippen molar-refractivity contribution in [3.05, 3.63) is 24.9 Å². The molecule has 0 amide bonds. The molecule has 0 unspecified atom stereocenters. The van der Waals surface area contributed by atoms with Crippen LogP contribution in [0.4, 0.5) is 0 Å². The van der Waals surface area contributed by atoms with Crippen molar-refractivity contribution in [3.63, 3.8) is 0 Å². The Morgan fingerprint density at radius 2 is 2.38 bits per heavy atom. The smallest absolute Gasteiger partial charge is 0.0261 e. The van der Waals surface area contributed by atoms with E-state index in [1.165, 1.54) is 0 Å². The van der Waals surface area contributed by atoms with Gasteiger partial charge >= 0.3 is 0 Å². The third kappa shape index (κ3) is 5.15. The van der Waals surface area contributed by atoms with Crippen LogP contribution >= 0.6 is 0 Å². The normalized spacial score (nSPS) is 11.1. The van der Waals surface area contributed by atoms with Crippen molar-refractivity contribution in [1.82, 2.24) is 0 Å². The molecule has 0 rings (SSSR count). The van der Waals surface area contributed by atoms with Gasteiger partial charge in [0.2, 0.25) is 0 Å². The number of nitrogens with zero attached hydrogens (tertiary/aromatic N) is 1. The lowest BCUT2D eigenvalue weighted by Gasteiger charge is -1.72. The monoisotopic (exact) mass is 109 g/mol. The van der Waals surface area contributed by atoms with Crippen LogP contribution in [0.3, 0.4) is 0 Å². The van der Waals surface area contributed by atoms with Crippen molar-refractivity contribution in [2.45, 2.75) is 13.3 Å². The molecular weight excluding hydrogens is 98.1 g/mol. The van der Waals surface area contributed by atoms with Crippen LogP contribution < -0.4 is 0 Å². The number of allylic oxidation sites excluding steroid dienone is 2. The van der Waals surface area contributed by atoms with Gasteiger partial charge in [-0.2, -0.15) is 0 Å².